The number of carbonyl (C=O) groups is 1. The lowest BCUT2D eigenvalue weighted by Crippen LogP contribution is -2.11. The van der Waals surface area contributed by atoms with Gasteiger partial charge in [0.2, 0.25) is 0 Å². The average Bonchev–Trinajstić information content (AvgIpc) is 2.27. The molecule has 1 rings (SSSR count). The summed E-state index contributed by atoms with van der Waals surface area (Å²) in [4.78, 5) is 13.1. The van der Waals surface area contributed by atoms with Crippen LogP contribution >= 0.6 is 0 Å². The molecule has 0 atom stereocenters. The van der Waals surface area contributed by atoms with Crippen LogP contribution in [-0.4, -0.2) is 27.2 Å². The van der Waals surface area contributed by atoms with Gasteiger partial charge in [-0.1, -0.05) is 0 Å². The highest BCUT2D eigenvalue weighted by Crippen LogP contribution is 2.17. The van der Waals surface area contributed by atoms with Gasteiger partial charge in [0.15, 0.2) is 0 Å². The molecule has 15 heavy (non-hydrogen) atoms. The van der Waals surface area contributed by atoms with Crippen molar-refractivity contribution >= 4 is 11.7 Å². The van der Waals surface area contributed by atoms with Gasteiger partial charge in [0, 0.05) is 19.8 Å². The van der Waals surface area contributed by atoms with E-state index in [2.05, 4.69) is 4.74 Å². The summed E-state index contributed by atoms with van der Waals surface area (Å²) in [5.74, 6) is -0.435. The van der Waals surface area contributed by atoms with Gasteiger partial charge < -0.3 is 9.64 Å². The van der Waals surface area contributed by atoms with Crippen LogP contribution in [0.25, 0.3) is 0 Å². The van der Waals surface area contributed by atoms with Gasteiger partial charge in [-0.2, -0.15) is 5.26 Å². The van der Waals surface area contributed by atoms with Crippen molar-refractivity contribution in [3.05, 3.63) is 29.3 Å². The molecule has 1 aromatic rings. The molecule has 1 aromatic carbocycles. The number of rotatable bonds is 2. The number of hydrogen-bond donors (Lipinski definition) is 0. The maximum atomic E-state index is 11.3. The minimum absolute atomic E-state index is 0.389. The molecule has 0 amide bonds. The maximum Gasteiger partial charge on any atom is 0.337 e. The van der Waals surface area contributed by atoms with Gasteiger partial charge in [-0.3, -0.25) is 0 Å². The number of benzene rings is 1. The van der Waals surface area contributed by atoms with E-state index in [9.17, 15) is 4.79 Å². The van der Waals surface area contributed by atoms with E-state index in [1.54, 1.807) is 12.1 Å². The van der Waals surface area contributed by atoms with Crippen molar-refractivity contribution in [2.75, 3.05) is 26.1 Å². The highest BCUT2D eigenvalue weighted by Gasteiger charge is 2.09. The minimum Gasteiger partial charge on any atom is -0.465 e. The lowest BCUT2D eigenvalue weighted by atomic mass is 10.1. The summed E-state index contributed by atoms with van der Waals surface area (Å²) in [6, 6.07) is 6.92. The number of ether oxygens (including phenoxy) is 1. The van der Waals surface area contributed by atoms with Crippen molar-refractivity contribution in [3.8, 4) is 6.07 Å². The average molecular weight is 204 g/mol. The van der Waals surface area contributed by atoms with Gasteiger partial charge in [-0.25, -0.2) is 4.79 Å². The van der Waals surface area contributed by atoms with E-state index in [4.69, 9.17) is 5.26 Å². The SMILES string of the molecule is COC(=O)c1cc(C#N)cc(N(C)C)c1. The number of nitriles is 1. The molecule has 0 aliphatic carbocycles. The molecule has 0 saturated carbocycles. The molecule has 0 saturated heterocycles. The topological polar surface area (TPSA) is 53.3 Å². The van der Waals surface area contributed by atoms with Gasteiger partial charge in [0.25, 0.3) is 0 Å². The van der Waals surface area contributed by atoms with Crippen molar-refractivity contribution in [2.24, 2.45) is 0 Å². The molecule has 0 aliphatic heterocycles. The van der Waals surface area contributed by atoms with Crippen LogP contribution in [0.15, 0.2) is 18.2 Å². The van der Waals surface area contributed by atoms with E-state index in [1.165, 1.54) is 13.2 Å². The first-order chi connectivity index (χ1) is 7.08. The third-order valence-electron chi connectivity index (χ3n) is 1.98. The fourth-order valence-electron chi connectivity index (χ4n) is 1.17. The second-order valence-electron chi connectivity index (χ2n) is 3.27. The van der Waals surface area contributed by atoms with Crippen LogP contribution in [0, 0.1) is 11.3 Å². The molecule has 0 spiro atoms. The summed E-state index contributed by atoms with van der Waals surface area (Å²) in [5, 5.41) is 8.80. The maximum absolute atomic E-state index is 11.3. The van der Waals surface area contributed by atoms with Crippen LogP contribution in [-0.2, 0) is 4.74 Å². The fraction of sp³-hybridized carbons (Fsp3) is 0.273. The number of nitrogens with zero attached hydrogens (tertiary/aromatic N) is 2. The predicted molar refractivity (Wildman–Crippen MR) is 56.8 cm³/mol. The minimum atomic E-state index is -0.435. The Kier molecular flexibility index (Phi) is 3.29. The van der Waals surface area contributed by atoms with Crippen LogP contribution < -0.4 is 4.90 Å². The Morgan fingerprint density at radius 3 is 2.53 bits per heavy atom. The van der Waals surface area contributed by atoms with Crippen LogP contribution in [0.1, 0.15) is 15.9 Å². The van der Waals surface area contributed by atoms with E-state index in [-0.39, 0.29) is 0 Å². The van der Waals surface area contributed by atoms with E-state index in [0.29, 0.717) is 11.1 Å². The van der Waals surface area contributed by atoms with Crippen molar-refractivity contribution in [1.82, 2.24) is 0 Å². The first kappa shape index (κ1) is 11.1. The normalized spacial score (nSPS) is 9.20. The molecule has 0 unspecified atom stereocenters. The Morgan fingerprint density at radius 2 is 2.07 bits per heavy atom. The van der Waals surface area contributed by atoms with Crippen molar-refractivity contribution in [2.45, 2.75) is 0 Å². The lowest BCUT2D eigenvalue weighted by Gasteiger charge is -2.13. The monoisotopic (exact) mass is 204 g/mol. The van der Waals surface area contributed by atoms with E-state index < -0.39 is 5.97 Å². The highest BCUT2D eigenvalue weighted by atomic mass is 16.5. The molecule has 0 aliphatic rings. The smallest absolute Gasteiger partial charge is 0.337 e. The summed E-state index contributed by atoms with van der Waals surface area (Å²) in [6.45, 7) is 0. The number of methoxy groups -OCH3 is 1. The van der Waals surface area contributed by atoms with Gasteiger partial charge >= 0.3 is 5.97 Å². The Morgan fingerprint density at radius 1 is 1.40 bits per heavy atom. The Balaban J connectivity index is 3.24. The van der Waals surface area contributed by atoms with Crippen molar-refractivity contribution < 1.29 is 9.53 Å². The third-order valence-corrected chi connectivity index (χ3v) is 1.98. The van der Waals surface area contributed by atoms with E-state index in [0.717, 1.165) is 5.69 Å². The fourth-order valence-corrected chi connectivity index (χ4v) is 1.17. The summed E-state index contributed by atoms with van der Waals surface area (Å²) >= 11 is 0. The molecule has 4 nitrogen and oxygen atoms in total. The molecule has 4 heteroatoms. The quantitative estimate of drug-likeness (QED) is 0.683. The Labute approximate surface area is 88.7 Å². The zero-order valence-corrected chi connectivity index (χ0v) is 8.94. The molecule has 0 bridgehead atoms. The molecule has 0 fully saturated rings. The largest absolute Gasteiger partial charge is 0.465 e. The van der Waals surface area contributed by atoms with E-state index in [1.807, 2.05) is 25.1 Å². The molecule has 0 aromatic heterocycles. The molecule has 0 N–H and O–H groups in total. The Hall–Kier alpha value is -2.02. The number of carbonyl (C=O) groups excluding carboxylic acids is 1. The predicted octanol–water partition coefficient (Wildman–Crippen LogP) is 1.41. The Bertz CT molecular complexity index is 419. The molecular formula is C11H12N2O2. The van der Waals surface area contributed by atoms with Gasteiger partial charge in [0.05, 0.1) is 24.3 Å². The summed E-state index contributed by atoms with van der Waals surface area (Å²) < 4.78 is 4.60. The van der Waals surface area contributed by atoms with Crippen LogP contribution in [0.4, 0.5) is 5.69 Å². The molecule has 0 radical (unpaired) electrons. The highest BCUT2D eigenvalue weighted by molar-refractivity contribution is 5.91. The number of esters is 1. The van der Waals surface area contributed by atoms with Crippen LogP contribution in [0.5, 0.6) is 0 Å². The molecular weight excluding hydrogens is 192 g/mol. The zero-order valence-electron chi connectivity index (χ0n) is 8.94. The lowest BCUT2D eigenvalue weighted by molar-refractivity contribution is 0.0600. The van der Waals surface area contributed by atoms with Crippen molar-refractivity contribution in [3.63, 3.8) is 0 Å². The zero-order chi connectivity index (χ0) is 11.4. The first-order valence-corrected chi connectivity index (χ1v) is 4.39. The molecule has 78 valence electrons. The van der Waals surface area contributed by atoms with Crippen LogP contribution in [0.3, 0.4) is 0 Å². The van der Waals surface area contributed by atoms with Gasteiger partial charge in [-0.05, 0) is 18.2 Å². The van der Waals surface area contributed by atoms with Gasteiger partial charge in [-0.15, -0.1) is 0 Å². The summed E-state index contributed by atoms with van der Waals surface area (Å²) in [7, 11) is 5.01. The molecule has 0 heterocycles. The third kappa shape index (κ3) is 2.47. The summed E-state index contributed by atoms with van der Waals surface area (Å²) in [6.07, 6.45) is 0. The standard InChI is InChI=1S/C11H12N2O2/c1-13(2)10-5-8(7-12)4-9(6-10)11(14)15-3/h4-6H,1-3H3. The van der Waals surface area contributed by atoms with Crippen LogP contribution in [0.2, 0.25) is 0 Å². The second kappa shape index (κ2) is 4.47. The second-order valence-corrected chi connectivity index (χ2v) is 3.27. The van der Waals surface area contributed by atoms with Crippen molar-refractivity contribution in [1.29, 1.82) is 5.26 Å². The van der Waals surface area contributed by atoms with E-state index >= 15 is 0 Å². The van der Waals surface area contributed by atoms with Gasteiger partial charge in [0.1, 0.15) is 0 Å². The number of anilines is 1. The number of hydrogen-bond acceptors (Lipinski definition) is 4. The first-order valence-electron chi connectivity index (χ1n) is 4.39. The summed E-state index contributed by atoms with van der Waals surface area (Å²) in [5.41, 5.74) is 1.64.